The molecule has 0 spiro atoms. The Bertz CT molecular complexity index is 773. The zero-order chi connectivity index (χ0) is 17.3. The average molecular weight is 338 g/mol. The summed E-state index contributed by atoms with van der Waals surface area (Å²) in [6.45, 7) is 3.79. The number of hydrogen-bond donors (Lipinski definition) is 0. The summed E-state index contributed by atoms with van der Waals surface area (Å²) in [5.41, 5.74) is 3.40. The number of rotatable bonds is 0. The topological polar surface area (TPSA) is 32.8 Å². The number of anilines is 1. The van der Waals surface area contributed by atoms with Gasteiger partial charge in [-0.25, -0.2) is 0 Å². The number of ketones is 1. The first-order chi connectivity index (χ1) is 12.0. The number of fused-ring (bicyclic) bond motifs is 1. The Hall–Kier alpha value is -1.81. The molecule has 25 heavy (non-hydrogen) atoms. The Morgan fingerprint density at radius 2 is 2.04 bits per heavy atom. The van der Waals surface area contributed by atoms with E-state index < -0.39 is 0 Å². The molecule has 4 nitrogen and oxygen atoms in total. The predicted molar refractivity (Wildman–Crippen MR) is 97.7 cm³/mol. The molecule has 2 unspecified atom stereocenters. The van der Waals surface area contributed by atoms with Crippen LogP contribution >= 0.6 is 0 Å². The van der Waals surface area contributed by atoms with Crippen LogP contribution < -0.4 is 4.90 Å². The van der Waals surface area contributed by atoms with Gasteiger partial charge in [0.1, 0.15) is 5.78 Å². The van der Waals surface area contributed by atoms with Gasteiger partial charge in [-0.3, -0.25) is 4.79 Å². The van der Waals surface area contributed by atoms with Crippen molar-refractivity contribution in [3.8, 4) is 0 Å². The maximum Gasteiger partial charge on any atom is 0.146 e. The van der Waals surface area contributed by atoms with Gasteiger partial charge in [-0.15, -0.1) is 0 Å². The largest absolute Gasteiger partial charge is 0.380 e. The van der Waals surface area contributed by atoms with Crippen molar-refractivity contribution < 1.29 is 9.53 Å². The molecule has 1 saturated carbocycles. The fourth-order valence-corrected chi connectivity index (χ4v) is 6.04. The minimum Gasteiger partial charge on any atom is -0.380 e. The van der Waals surface area contributed by atoms with Gasteiger partial charge in [0, 0.05) is 44.9 Å². The van der Waals surface area contributed by atoms with Crippen LogP contribution in [0.25, 0.3) is 0 Å². The number of benzene rings is 1. The molecular formula is C21H26N2O2. The van der Waals surface area contributed by atoms with Crippen LogP contribution in [0.1, 0.15) is 25.3 Å². The van der Waals surface area contributed by atoms with Gasteiger partial charge in [0.25, 0.3) is 0 Å². The molecule has 0 aromatic heterocycles. The third-order valence-corrected chi connectivity index (χ3v) is 7.18. The highest BCUT2D eigenvalue weighted by Crippen LogP contribution is 2.57. The van der Waals surface area contributed by atoms with Gasteiger partial charge in [-0.05, 0) is 36.5 Å². The first kappa shape index (κ1) is 15.4. The molecule has 1 aliphatic carbocycles. The van der Waals surface area contributed by atoms with E-state index in [-0.39, 0.29) is 17.6 Å². The number of carbonyl (C=O) groups is 1. The molecule has 4 aliphatic rings. The smallest absolute Gasteiger partial charge is 0.146 e. The van der Waals surface area contributed by atoms with Gasteiger partial charge in [-0.2, -0.15) is 0 Å². The molecule has 1 aromatic carbocycles. The van der Waals surface area contributed by atoms with E-state index in [2.05, 4.69) is 61.3 Å². The standard InChI is InChI=1S/C21H26N2O2/c1-13-15-11-22(2)9-8-21-17-6-4-5-7-18(17)23(3)20(21)16(12-25-13)14(15)10-19(21)24/h4-7,11,13-14,16,20H,8-10,12H2,1-3H3/b15-11-/t13?,14-,16+,20-,21?/m0/s1. The van der Waals surface area contributed by atoms with Crippen molar-refractivity contribution in [2.24, 2.45) is 11.8 Å². The molecule has 1 saturated heterocycles. The Labute approximate surface area is 149 Å². The SMILES string of the molecule is CC1OC[C@H]2[C@@H]3N(C)c4ccccc4C34CCN(C)/C=C/1[C@@H]2CC4=O. The van der Waals surface area contributed by atoms with E-state index in [1.54, 1.807) is 0 Å². The summed E-state index contributed by atoms with van der Waals surface area (Å²) in [6.07, 6.45) is 3.92. The Kier molecular flexibility index (Phi) is 3.15. The van der Waals surface area contributed by atoms with Crippen LogP contribution in [0.3, 0.4) is 0 Å². The number of nitrogens with zero attached hydrogens (tertiary/aromatic N) is 2. The van der Waals surface area contributed by atoms with Crippen LogP contribution in [0.15, 0.2) is 36.0 Å². The van der Waals surface area contributed by atoms with Gasteiger partial charge < -0.3 is 14.5 Å². The Morgan fingerprint density at radius 3 is 2.88 bits per heavy atom. The van der Waals surface area contributed by atoms with Crippen LogP contribution in [0.5, 0.6) is 0 Å². The highest BCUT2D eigenvalue weighted by molar-refractivity contribution is 5.97. The normalized spacial score (nSPS) is 41.4. The van der Waals surface area contributed by atoms with Crippen LogP contribution in [0.2, 0.25) is 0 Å². The molecule has 4 bridgehead atoms. The first-order valence-electron chi connectivity index (χ1n) is 9.43. The number of hydrogen-bond acceptors (Lipinski definition) is 4. The van der Waals surface area contributed by atoms with Crippen molar-refractivity contribution in [1.82, 2.24) is 4.90 Å². The summed E-state index contributed by atoms with van der Waals surface area (Å²) in [7, 11) is 4.30. The van der Waals surface area contributed by atoms with E-state index >= 15 is 0 Å². The van der Waals surface area contributed by atoms with Gasteiger partial charge in [0.2, 0.25) is 0 Å². The summed E-state index contributed by atoms with van der Waals surface area (Å²) in [5.74, 6) is 1.13. The number of ether oxygens (including phenoxy) is 1. The van der Waals surface area contributed by atoms with Crippen LogP contribution in [-0.2, 0) is 14.9 Å². The molecule has 3 aliphatic heterocycles. The summed E-state index contributed by atoms with van der Waals surface area (Å²) in [4.78, 5) is 18.3. The number of para-hydroxylation sites is 1. The lowest BCUT2D eigenvalue weighted by Gasteiger charge is -2.51. The molecule has 4 heteroatoms. The number of carbonyl (C=O) groups excluding carboxylic acids is 1. The van der Waals surface area contributed by atoms with E-state index in [0.717, 1.165) is 19.6 Å². The average Bonchev–Trinajstić information content (AvgIpc) is 2.90. The van der Waals surface area contributed by atoms with Gasteiger partial charge in [0.05, 0.1) is 24.2 Å². The highest BCUT2D eigenvalue weighted by Gasteiger charge is 2.63. The second-order valence-corrected chi connectivity index (χ2v) is 8.28. The lowest BCUT2D eigenvalue weighted by atomic mass is 9.56. The monoisotopic (exact) mass is 338 g/mol. The number of Topliss-reactive ketones (excluding diaryl/α,β-unsaturated/α-hetero) is 1. The lowest BCUT2D eigenvalue weighted by molar-refractivity contribution is -0.133. The Morgan fingerprint density at radius 1 is 1.24 bits per heavy atom. The first-order valence-corrected chi connectivity index (χ1v) is 9.43. The third-order valence-electron chi connectivity index (χ3n) is 7.18. The van der Waals surface area contributed by atoms with Crippen molar-refractivity contribution in [3.63, 3.8) is 0 Å². The fourth-order valence-electron chi connectivity index (χ4n) is 6.04. The van der Waals surface area contributed by atoms with Gasteiger partial charge >= 0.3 is 0 Å². The molecule has 2 fully saturated rings. The molecule has 132 valence electrons. The maximum absolute atomic E-state index is 13.6. The second kappa shape index (κ2) is 5.10. The van der Waals surface area contributed by atoms with Crippen LogP contribution in [0, 0.1) is 11.8 Å². The third kappa shape index (κ3) is 1.84. The molecule has 0 amide bonds. The van der Waals surface area contributed by atoms with Crippen LogP contribution in [0.4, 0.5) is 5.69 Å². The molecule has 3 heterocycles. The quantitative estimate of drug-likeness (QED) is 0.728. The van der Waals surface area contributed by atoms with Crippen molar-refractivity contribution in [2.75, 3.05) is 32.1 Å². The summed E-state index contributed by atoms with van der Waals surface area (Å²) >= 11 is 0. The highest BCUT2D eigenvalue weighted by atomic mass is 16.5. The molecular weight excluding hydrogens is 312 g/mol. The molecule has 5 atom stereocenters. The zero-order valence-corrected chi connectivity index (χ0v) is 15.2. The molecule has 5 rings (SSSR count). The summed E-state index contributed by atoms with van der Waals surface area (Å²) in [5, 5.41) is 0. The van der Waals surface area contributed by atoms with Crippen molar-refractivity contribution in [3.05, 3.63) is 41.6 Å². The van der Waals surface area contributed by atoms with Gasteiger partial charge in [-0.1, -0.05) is 18.2 Å². The minimum atomic E-state index is -0.381. The van der Waals surface area contributed by atoms with E-state index in [9.17, 15) is 4.79 Å². The van der Waals surface area contributed by atoms with E-state index in [0.29, 0.717) is 24.0 Å². The zero-order valence-electron chi connectivity index (χ0n) is 15.2. The maximum atomic E-state index is 13.6. The fraction of sp³-hybridized carbons (Fsp3) is 0.571. The molecule has 0 N–H and O–H groups in total. The number of likely N-dealkylation sites (N-methyl/N-ethyl adjacent to an activating group) is 1. The second-order valence-electron chi connectivity index (χ2n) is 8.28. The van der Waals surface area contributed by atoms with E-state index in [1.165, 1.54) is 16.8 Å². The van der Waals surface area contributed by atoms with E-state index in [4.69, 9.17) is 4.74 Å². The van der Waals surface area contributed by atoms with Crippen molar-refractivity contribution in [1.29, 1.82) is 0 Å². The Balaban J connectivity index is 1.75. The van der Waals surface area contributed by atoms with E-state index in [1.807, 2.05) is 0 Å². The molecule has 1 aromatic rings. The minimum absolute atomic E-state index is 0.108. The van der Waals surface area contributed by atoms with Crippen molar-refractivity contribution >= 4 is 11.5 Å². The summed E-state index contributed by atoms with van der Waals surface area (Å²) < 4.78 is 6.19. The lowest BCUT2D eigenvalue weighted by Crippen LogP contribution is -2.61. The van der Waals surface area contributed by atoms with Crippen LogP contribution in [-0.4, -0.2) is 50.1 Å². The van der Waals surface area contributed by atoms with Crippen molar-refractivity contribution in [2.45, 2.75) is 37.3 Å². The molecule has 0 radical (unpaired) electrons. The van der Waals surface area contributed by atoms with Gasteiger partial charge in [0.15, 0.2) is 0 Å². The summed E-state index contributed by atoms with van der Waals surface area (Å²) in [6, 6.07) is 8.74. The predicted octanol–water partition coefficient (Wildman–Crippen LogP) is 2.59.